The molecule has 1 aliphatic heterocycles. The normalized spacial score (nSPS) is 14.5. The van der Waals surface area contributed by atoms with Gasteiger partial charge in [0.05, 0.1) is 5.56 Å². The highest BCUT2D eigenvalue weighted by molar-refractivity contribution is 6.01. The minimum Gasteiger partial charge on any atom is -0.261 e. The lowest BCUT2D eigenvalue weighted by molar-refractivity contribution is -0.137. The molecule has 0 amide bonds. The van der Waals surface area contributed by atoms with Crippen LogP contribution in [0.2, 0.25) is 0 Å². The fraction of sp³-hybridized carbons (Fsp3) is 0.231. The van der Waals surface area contributed by atoms with Gasteiger partial charge in [-0.25, -0.2) is 0 Å². The molecule has 0 unspecified atom stereocenters. The molecule has 1 aromatic rings. The van der Waals surface area contributed by atoms with Gasteiger partial charge in [-0.3, -0.25) is 10.9 Å². The summed E-state index contributed by atoms with van der Waals surface area (Å²) in [4.78, 5) is 0. The predicted octanol–water partition coefficient (Wildman–Crippen LogP) is 2.29. The number of amidine groups is 2. The lowest BCUT2D eigenvalue weighted by Crippen LogP contribution is -2.34. The van der Waals surface area contributed by atoms with Gasteiger partial charge in [-0.15, -0.1) is 12.3 Å². The Bertz CT molecular complexity index is 596. The number of nitrogens with one attached hydrogen (secondary N) is 2. The molecule has 1 heterocycles. The van der Waals surface area contributed by atoms with E-state index in [0.29, 0.717) is 24.2 Å². The lowest BCUT2D eigenvalue weighted by atomic mass is 10.1. The van der Waals surface area contributed by atoms with Crippen LogP contribution >= 0.6 is 0 Å². The van der Waals surface area contributed by atoms with E-state index in [2.05, 4.69) is 27.0 Å². The van der Waals surface area contributed by atoms with E-state index in [9.17, 15) is 13.2 Å². The molecule has 4 nitrogen and oxygen atoms in total. The van der Waals surface area contributed by atoms with E-state index in [4.69, 9.17) is 6.42 Å². The third-order valence-corrected chi connectivity index (χ3v) is 2.56. The number of halogens is 3. The SMILES string of the molecule is C#CCCC1=NNC(c2cccc(C(F)(F)F)c2)=NN1. The number of rotatable bonds is 3. The summed E-state index contributed by atoms with van der Waals surface area (Å²) in [6, 6.07) is 4.85. The molecule has 0 saturated heterocycles. The molecule has 2 rings (SSSR count). The largest absolute Gasteiger partial charge is 0.416 e. The predicted molar refractivity (Wildman–Crippen MR) is 69.8 cm³/mol. The summed E-state index contributed by atoms with van der Waals surface area (Å²) in [6.45, 7) is 0. The topological polar surface area (TPSA) is 48.8 Å². The molecule has 0 aromatic heterocycles. The van der Waals surface area contributed by atoms with Crippen molar-refractivity contribution in [3.05, 3.63) is 35.4 Å². The number of hydrazone groups is 2. The van der Waals surface area contributed by atoms with Gasteiger partial charge in [0, 0.05) is 18.4 Å². The Labute approximate surface area is 113 Å². The van der Waals surface area contributed by atoms with Crippen molar-refractivity contribution in [2.24, 2.45) is 10.2 Å². The van der Waals surface area contributed by atoms with Gasteiger partial charge in [-0.1, -0.05) is 12.1 Å². The Kier molecular flexibility index (Phi) is 3.94. The van der Waals surface area contributed by atoms with Crippen LogP contribution in [0.15, 0.2) is 34.5 Å². The van der Waals surface area contributed by atoms with E-state index in [1.54, 1.807) is 0 Å². The highest BCUT2D eigenvalue weighted by atomic mass is 19.4. The number of hydrogen-bond donors (Lipinski definition) is 2. The molecular weight excluding hydrogens is 269 g/mol. The third-order valence-electron chi connectivity index (χ3n) is 2.56. The van der Waals surface area contributed by atoms with Crippen LogP contribution < -0.4 is 10.9 Å². The molecule has 0 spiro atoms. The fourth-order valence-corrected chi connectivity index (χ4v) is 1.57. The van der Waals surface area contributed by atoms with E-state index in [0.717, 1.165) is 12.1 Å². The van der Waals surface area contributed by atoms with Crippen LogP contribution in [-0.2, 0) is 6.18 Å². The van der Waals surface area contributed by atoms with Gasteiger partial charge in [0.15, 0.2) is 5.84 Å². The van der Waals surface area contributed by atoms with Crippen LogP contribution in [0, 0.1) is 12.3 Å². The van der Waals surface area contributed by atoms with Crippen molar-refractivity contribution in [3.8, 4) is 12.3 Å². The maximum absolute atomic E-state index is 12.6. The molecule has 104 valence electrons. The number of nitrogens with zero attached hydrogens (tertiary/aromatic N) is 2. The second-order valence-electron chi connectivity index (χ2n) is 4.03. The molecular formula is C13H11F3N4. The molecule has 0 bridgehead atoms. The first kappa shape index (κ1) is 13.9. The molecule has 2 N–H and O–H groups in total. The first-order chi connectivity index (χ1) is 9.50. The summed E-state index contributed by atoms with van der Waals surface area (Å²) >= 11 is 0. The molecule has 0 atom stereocenters. The first-order valence-electron chi connectivity index (χ1n) is 5.78. The van der Waals surface area contributed by atoms with Crippen molar-refractivity contribution in [2.75, 3.05) is 0 Å². The second-order valence-corrected chi connectivity index (χ2v) is 4.03. The molecule has 1 aliphatic rings. The summed E-state index contributed by atoms with van der Waals surface area (Å²) in [5.41, 5.74) is 4.84. The average molecular weight is 280 g/mol. The minimum absolute atomic E-state index is 0.223. The molecule has 0 aliphatic carbocycles. The lowest BCUT2D eigenvalue weighted by Gasteiger charge is -2.15. The summed E-state index contributed by atoms with van der Waals surface area (Å²) < 4.78 is 37.8. The highest BCUT2D eigenvalue weighted by Crippen LogP contribution is 2.29. The summed E-state index contributed by atoms with van der Waals surface area (Å²) in [6.07, 6.45) is 1.76. The van der Waals surface area contributed by atoms with Crippen LogP contribution in [0.1, 0.15) is 24.0 Å². The molecule has 20 heavy (non-hydrogen) atoms. The first-order valence-corrected chi connectivity index (χ1v) is 5.78. The maximum atomic E-state index is 12.6. The highest BCUT2D eigenvalue weighted by Gasteiger charge is 2.30. The Morgan fingerprint density at radius 2 is 2.00 bits per heavy atom. The van der Waals surface area contributed by atoms with Crippen molar-refractivity contribution < 1.29 is 13.2 Å². The number of benzene rings is 1. The van der Waals surface area contributed by atoms with E-state index in [-0.39, 0.29) is 5.84 Å². The van der Waals surface area contributed by atoms with Crippen molar-refractivity contribution in [1.82, 2.24) is 10.9 Å². The van der Waals surface area contributed by atoms with Crippen molar-refractivity contribution >= 4 is 11.7 Å². The zero-order chi connectivity index (χ0) is 14.6. The molecule has 1 aromatic carbocycles. The Hall–Kier alpha value is -2.49. The maximum Gasteiger partial charge on any atom is 0.416 e. The van der Waals surface area contributed by atoms with Crippen LogP contribution in [0.25, 0.3) is 0 Å². The molecule has 7 heteroatoms. The zero-order valence-corrected chi connectivity index (χ0v) is 10.3. The number of terminal acetylenes is 1. The quantitative estimate of drug-likeness (QED) is 0.835. The average Bonchev–Trinajstić information content (AvgIpc) is 2.45. The Balaban J connectivity index is 2.12. The summed E-state index contributed by atoms with van der Waals surface area (Å²) in [7, 11) is 0. The summed E-state index contributed by atoms with van der Waals surface area (Å²) in [5, 5.41) is 7.91. The van der Waals surface area contributed by atoms with E-state index < -0.39 is 11.7 Å². The fourth-order valence-electron chi connectivity index (χ4n) is 1.57. The van der Waals surface area contributed by atoms with E-state index in [1.807, 2.05) is 0 Å². The van der Waals surface area contributed by atoms with Crippen LogP contribution in [-0.4, -0.2) is 11.7 Å². The standard InChI is InChI=1S/C13H11F3N4/c1-2-3-7-11-17-19-12(20-18-11)9-5-4-6-10(8-9)13(14,15)16/h1,4-6,8H,3,7H2,(H,17,18)(H,19,20). The zero-order valence-electron chi connectivity index (χ0n) is 10.3. The van der Waals surface area contributed by atoms with Crippen LogP contribution in [0.3, 0.4) is 0 Å². The van der Waals surface area contributed by atoms with Crippen molar-refractivity contribution in [1.29, 1.82) is 0 Å². The van der Waals surface area contributed by atoms with Gasteiger partial charge in [0.1, 0.15) is 5.84 Å². The Morgan fingerprint density at radius 1 is 1.20 bits per heavy atom. The second kappa shape index (κ2) is 5.65. The monoisotopic (exact) mass is 280 g/mol. The summed E-state index contributed by atoms with van der Waals surface area (Å²) in [5.74, 6) is 3.22. The Morgan fingerprint density at radius 3 is 2.60 bits per heavy atom. The molecule has 0 radical (unpaired) electrons. The van der Waals surface area contributed by atoms with Gasteiger partial charge in [-0.05, 0) is 12.1 Å². The van der Waals surface area contributed by atoms with Gasteiger partial charge >= 0.3 is 6.18 Å². The number of hydrogen-bond acceptors (Lipinski definition) is 4. The molecule has 0 saturated carbocycles. The van der Waals surface area contributed by atoms with Crippen LogP contribution in [0.4, 0.5) is 13.2 Å². The van der Waals surface area contributed by atoms with Gasteiger partial charge in [-0.2, -0.15) is 23.4 Å². The van der Waals surface area contributed by atoms with Gasteiger partial charge in [0.2, 0.25) is 0 Å². The van der Waals surface area contributed by atoms with Gasteiger partial charge in [0.25, 0.3) is 0 Å². The smallest absolute Gasteiger partial charge is 0.261 e. The van der Waals surface area contributed by atoms with E-state index in [1.165, 1.54) is 12.1 Å². The van der Waals surface area contributed by atoms with Gasteiger partial charge < -0.3 is 0 Å². The van der Waals surface area contributed by atoms with Crippen LogP contribution in [0.5, 0.6) is 0 Å². The van der Waals surface area contributed by atoms with E-state index >= 15 is 0 Å². The molecule has 0 fully saturated rings. The number of alkyl halides is 3. The third kappa shape index (κ3) is 3.29. The minimum atomic E-state index is -4.39. The van der Waals surface area contributed by atoms with Crippen molar-refractivity contribution in [2.45, 2.75) is 19.0 Å². The van der Waals surface area contributed by atoms with Crippen molar-refractivity contribution in [3.63, 3.8) is 0 Å².